The fourth-order valence-corrected chi connectivity index (χ4v) is 2.28. The van der Waals surface area contributed by atoms with E-state index in [1.165, 1.54) is 0 Å². The molecule has 1 saturated carbocycles. The molecular formula is C8H11BrN2O. The second-order valence-corrected chi connectivity index (χ2v) is 4.11. The van der Waals surface area contributed by atoms with Gasteiger partial charge in [-0.2, -0.15) is 5.10 Å². The largest absolute Gasteiger partial charge is 0.392 e. The van der Waals surface area contributed by atoms with Crippen LogP contribution in [0.3, 0.4) is 0 Å². The van der Waals surface area contributed by atoms with Crippen molar-refractivity contribution in [3.05, 3.63) is 16.4 Å². The number of aliphatic hydroxyl groups excluding tert-OH is 1. The van der Waals surface area contributed by atoms with Crippen LogP contribution in [-0.4, -0.2) is 21.0 Å². The van der Waals surface area contributed by atoms with Gasteiger partial charge >= 0.3 is 0 Å². The molecule has 2 rings (SSSR count). The second-order valence-electron chi connectivity index (χ2n) is 3.25. The van der Waals surface area contributed by atoms with E-state index in [1.54, 1.807) is 6.20 Å². The van der Waals surface area contributed by atoms with Crippen molar-refractivity contribution in [2.75, 3.05) is 0 Å². The summed E-state index contributed by atoms with van der Waals surface area (Å²) in [4.78, 5) is 0. The van der Waals surface area contributed by atoms with Gasteiger partial charge in [-0.1, -0.05) is 0 Å². The van der Waals surface area contributed by atoms with E-state index in [-0.39, 0.29) is 12.0 Å². The van der Waals surface area contributed by atoms with Crippen molar-refractivity contribution in [2.45, 2.75) is 24.9 Å². The Morgan fingerprint density at radius 2 is 2.42 bits per heavy atom. The van der Waals surface area contributed by atoms with E-state index in [1.807, 2.05) is 11.7 Å². The molecule has 3 nitrogen and oxygen atoms in total. The maximum Gasteiger partial charge on any atom is 0.0635 e. The van der Waals surface area contributed by atoms with E-state index in [0.29, 0.717) is 0 Å². The van der Waals surface area contributed by atoms with E-state index < -0.39 is 0 Å². The molecule has 2 atom stereocenters. The van der Waals surface area contributed by atoms with Crippen LogP contribution in [-0.2, 0) is 7.05 Å². The summed E-state index contributed by atoms with van der Waals surface area (Å²) in [5.74, 6) is 0.284. The highest BCUT2D eigenvalue weighted by Crippen LogP contribution is 2.39. The van der Waals surface area contributed by atoms with Crippen molar-refractivity contribution in [3.8, 4) is 0 Å². The number of aryl methyl sites for hydroxylation is 1. The summed E-state index contributed by atoms with van der Waals surface area (Å²) >= 11 is 3.43. The zero-order chi connectivity index (χ0) is 8.72. The molecule has 0 saturated heterocycles. The van der Waals surface area contributed by atoms with Crippen molar-refractivity contribution in [1.82, 2.24) is 9.78 Å². The van der Waals surface area contributed by atoms with Gasteiger partial charge in [0.05, 0.1) is 22.5 Å². The third-order valence-electron chi connectivity index (χ3n) is 2.53. The van der Waals surface area contributed by atoms with Crippen LogP contribution in [0.4, 0.5) is 0 Å². The molecule has 0 amide bonds. The standard InChI is InChI=1S/C8H11BrN2O/c1-11-8(6(9)4-10-11)5-2-3-7(5)12/h4-5,7,12H,2-3H2,1H3. The molecule has 0 aliphatic heterocycles. The Hall–Kier alpha value is -0.350. The number of aromatic nitrogens is 2. The summed E-state index contributed by atoms with van der Waals surface area (Å²) < 4.78 is 2.84. The zero-order valence-corrected chi connectivity index (χ0v) is 8.45. The predicted molar refractivity (Wildman–Crippen MR) is 48.9 cm³/mol. The van der Waals surface area contributed by atoms with Crippen LogP contribution in [0, 0.1) is 0 Å². The lowest BCUT2D eigenvalue weighted by Crippen LogP contribution is -2.30. The van der Waals surface area contributed by atoms with E-state index in [2.05, 4.69) is 21.0 Å². The van der Waals surface area contributed by atoms with Gasteiger partial charge in [0.2, 0.25) is 0 Å². The minimum absolute atomic E-state index is 0.170. The third kappa shape index (κ3) is 1.10. The molecule has 1 fully saturated rings. The lowest BCUT2D eigenvalue weighted by molar-refractivity contribution is 0.0621. The third-order valence-corrected chi connectivity index (χ3v) is 3.14. The zero-order valence-electron chi connectivity index (χ0n) is 6.87. The van der Waals surface area contributed by atoms with Crippen LogP contribution in [0.5, 0.6) is 0 Å². The minimum Gasteiger partial charge on any atom is -0.392 e. The van der Waals surface area contributed by atoms with Crippen LogP contribution in [0.25, 0.3) is 0 Å². The number of rotatable bonds is 1. The fourth-order valence-electron chi connectivity index (χ4n) is 1.64. The average molecular weight is 231 g/mol. The van der Waals surface area contributed by atoms with Gasteiger partial charge in [0.25, 0.3) is 0 Å². The maximum absolute atomic E-state index is 9.47. The molecular weight excluding hydrogens is 220 g/mol. The lowest BCUT2D eigenvalue weighted by Gasteiger charge is -2.32. The Balaban J connectivity index is 2.32. The van der Waals surface area contributed by atoms with Gasteiger partial charge in [0, 0.05) is 13.0 Å². The first-order chi connectivity index (χ1) is 5.70. The molecule has 4 heteroatoms. The van der Waals surface area contributed by atoms with Crippen LogP contribution >= 0.6 is 15.9 Å². The van der Waals surface area contributed by atoms with Gasteiger partial charge in [-0.25, -0.2) is 0 Å². The van der Waals surface area contributed by atoms with Crippen molar-refractivity contribution in [2.24, 2.45) is 7.05 Å². The van der Waals surface area contributed by atoms with Crippen molar-refractivity contribution in [1.29, 1.82) is 0 Å². The van der Waals surface area contributed by atoms with Crippen LogP contribution in [0.2, 0.25) is 0 Å². The molecule has 0 radical (unpaired) electrons. The normalized spacial score (nSPS) is 28.6. The highest BCUT2D eigenvalue weighted by atomic mass is 79.9. The molecule has 0 spiro atoms. The van der Waals surface area contributed by atoms with Crippen LogP contribution < -0.4 is 0 Å². The molecule has 66 valence electrons. The summed E-state index contributed by atoms with van der Waals surface area (Å²) in [7, 11) is 1.91. The monoisotopic (exact) mass is 230 g/mol. The van der Waals surface area contributed by atoms with Crippen molar-refractivity contribution >= 4 is 15.9 Å². The molecule has 1 N–H and O–H groups in total. The second kappa shape index (κ2) is 2.85. The lowest BCUT2D eigenvalue weighted by atomic mass is 9.80. The molecule has 1 aliphatic rings. The highest BCUT2D eigenvalue weighted by molar-refractivity contribution is 9.10. The topological polar surface area (TPSA) is 38.0 Å². The molecule has 0 aromatic carbocycles. The van der Waals surface area contributed by atoms with Gasteiger partial charge < -0.3 is 5.11 Å². The Morgan fingerprint density at radius 3 is 2.75 bits per heavy atom. The summed E-state index contributed by atoms with van der Waals surface area (Å²) in [6.45, 7) is 0. The first-order valence-corrected chi connectivity index (χ1v) is 4.85. The Bertz CT molecular complexity index is 278. The van der Waals surface area contributed by atoms with Gasteiger partial charge in [0.15, 0.2) is 0 Å². The summed E-state index contributed by atoms with van der Waals surface area (Å²) in [6.07, 6.45) is 3.60. The van der Waals surface area contributed by atoms with Gasteiger partial charge in [-0.15, -0.1) is 0 Å². The van der Waals surface area contributed by atoms with Crippen molar-refractivity contribution < 1.29 is 5.11 Å². The smallest absolute Gasteiger partial charge is 0.0635 e. The predicted octanol–water partition coefficient (Wildman–Crippen LogP) is 1.42. The molecule has 12 heavy (non-hydrogen) atoms. The SMILES string of the molecule is Cn1ncc(Br)c1C1CCC1O. The molecule has 2 unspecified atom stereocenters. The Morgan fingerprint density at radius 1 is 1.67 bits per heavy atom. The Kier molecular flexibility index (Phi) is 1.96. The van der Waals surface area contributed by atoms with Gasteiger partial charge in [-0.3, -0.25) is 4.68 Å². The molecule has 1 aliphatic carbocycles. The van der Waals surface area contributed by atoms with E-state index in [4.69, 9.17) is 0 Å². The van der Waals surface area contributed by atoms with Gasteiger partial charge in [-0.05, 0) is 28.8 Å². The average Bonchev–Trinajstić information content (AvgIpc) is 2.33. The summed E-state index contributed by atoms with van der Waals surface area (Å²) in [5.41, 5.74) is 1.12. The first kappa shape index (κ1) is 8.26. The van der Waals surface area contributed by atoms with Crippen molar-refractivity contribution in [3.63, 3.8) is 0 Å². The fraction of sp³-hybridized carbons (Fsp3) is 0.625. The molecule has 1 aromatic rings. The summed E-state index contributed by atoms with van der Waals surface area (Å²) in [5, 5.41) is 13.6. The number of halogens is 1. The number of aliphatic hydroxyl groups is 1. The van der Waals surface area contributed by atoms with Crippen LogP contribution in [0.1, 0.15) is 24.5 Å². The molecule has 1 heterocycles. The van der Waals surface area contributed by atoms with Gasteiger partial charge in [0.1, 0.15) is 0 Å². The quantitative estimate of drug-likeness (QED) is 0.793. The molecule has 1 aromatic heterocycles. The first-order valence-electron chi connectivity index (χ1n) is 4.05. The van der Waals surface area contributed by atoms with Crippen LogP contribution in [0.15, 0.2) is 10.7 Å². The number of hydrogen-bond acceptors (Lipinski definition) is 2. The highest BCUT2D eigenvalue weighted by Gasteiger charge is 2.33. The van der Waals surface area contributed by atoms with E-state index in [0.717, 1.165) is 23.0 Å². The summed E-state index contributed by atoms with van der Waals surface area (Å²) in [6, 6.07) is 0. The Labute approximate surface area is 79.5 Å². The number of hydrogen-bond donors (Lipinski definition) is 1. The molecule has 0 bridgehead atoms. The number of nitrogens with zero attached hydrogens (tertiary/aromatic N) is 2. The maximum atomic E-state index is 9.47. The van der Waals surface area contributed by atoms with E-state index >= 15 is 0 Å². The van der Waals surface area contributed by atoms with E-state index in [9.17, 15) is 5.11 Å². The minimum atomic E-state index is -0.170.